The topological polar surface area (TPSA) is 70.4 Å². The van der Waals surface area contributed by atoms with E-state index in [1.54, 1.807) is 36.1 Å². The molecular formula is C25H24N3O3+. The summed E-state index contributed by atoms with van der Waals surface area (Å²) in [5.74, 6) is 0.157. The average Bonchev–Trinajstić information content (AvgIpc) is 3.10. The number of methoxy groups -OCH3 is 1. The van der Waals surface area contributed by atoms with Crippen LogP contribution in [-0.4, -0.2) is 35.9 Å². The fourth-order valence-corrected chi connectivity index (χ4v) is 3.61. The lowest BCUT2D eigenvalue weighted by atomic mass is 9.99. The Labute approximate surface area is 181 Å². The van der Waals surface area contributed by atoms with Crippen molar-refractivity contribution in [2.24, 2.45) is 0 Å². The molecule has 0 saturated carbocycles. The van der Waals surface area contributed by atoms with Gasteiger partial charge >= 0.3 is 5.91 Å². The number of hydrogen-bond donors (Lipinski definition) is 2. The average molecular weight is 414 g/mol. The second kappa shape index (κ2) is 8.83. The van der Waals surface area contributed by atoms with Gasteiger partial charge in [0.25, 0.3) is 5.91 Å². The van der Waals surface area contributed by atoms with Gasteiger partial charge in [0.05, 0.1) is 7.11 Å². The lowest BCUT2D eigenvalue weighted by Gasteiger charge is -2.15. The fourth-order valence-electron chi connectivity index (χ4n) is 3.61. The van der Waals surface area contributed by atoms with Crippen molar-refractivity contribution < 1.29 is 19.0 Å². The van der Waals surface area contributed by atoms with Crippen LogP contribution in [0.1, 0.15) is 33.1 Å². The molecule has 0 unspecified atom stereocenters. The zero-order valence-corrected chi connectivity index (χ0v) is 17.4. The molecule has 3 aromatic rings. The van der Waals surface area contributed by atoms with Crippen LogP contribution in [0.3, 0.4) is 0 Å². The van der Waals surface area contributed by atoms with Crippen LogP contribution in [0.15, 0.2) is 78.9 Å². The van der Waals surface area contributed by atoms with E-state index in [4.69, 9.17) is 4.74 Å². The molecule has 31 heavy (non-hydrogen) atoms. The van der Waals surface area contributed by atoms with Crippen molar-refractivity contribution in [3.05, 3.63) is 101 Å². The van der Waals surface area contributed by atoms with E-state index in [1.807, 2.05) is 67.7 Å². The molecule has 2 atom stereocenters. The van der Waals surface area contributed by atoms with Gasteiger partial charge in [-0.15, -0.1) is 10.1 Å². The van der Waals surface area contributed by atoms with Crippen LogP contribution >= 0.6 is 0 Å². The summed E-state index contributed by atoms with van der Waals surface area (Å²) in [6.07, 6.45) is 1.88. The standard InChI is InChI=1S/C25H23N3O3/c1-17-8-10-18(11-9-17)16-28-23(19-12-14-21(31-2)15-13-19)22(25(30)27-28)26-24(29)20-6-4-3-5-7-20/h3-16,22-23H,1-2H3,(H-,26,27,29,30)/p+1/b28-16-/t22-,23-/m1/s1. The Morgan fingerprint density at radius 1 is 1.00 bits per heavy atom. The Bertz CT molecular complexity index is 1110. The number of rotatable bonds is 5. The third kappa shape index (κ3) is 4.48. The van der Waals surface area contributed by atoms with Crippen molar-refractivity contribution in [1.29, 1.82) is 0 Å². The molecule has 0 aliphatic carbocycles. The van der Waals surface area contributed by atoms with E-state index in [1.165, 1.54) is 0 Å². The first-order valence-electron chi connectivity index (χ1n) is 10.1. The van der Waals surface area contributed by atoms with E-state index in [0.717, 1.165) is 22.4 Å². The van der Waals surface area contributed by atoms with Gasteiger partial charge in [0.2, 0.25) is 12.3 Å². The molecule has 4 rings (SSSR count). The van der Waals surface area contributed by atoms with Gasteiger partial charge in [0, 0.05) is 16.7 Å². The molecule has 2 amide bonds. The second-order valence-electron chi connectivity index (χ2n) is 7.46. The fraction of sp³-hybridized carbons (Fsp3) is 0.160. The zero-order chi connectivity index (χ0) is 21.8. The molecule has 1 aliphatic rings. The molecule has 0 spiro atoms. The number of nitrogens with zero attached hydrogens (tertiary/aromatic N) is 1. The number of carbonyl (C=O) groups excluding carboxylic acids is 2. The van der Waals surface area contributed by atoms with Crippen LogP contribution in [-0.2, 0) is 4.79 Å². The first-order valence-corrected chi connectivity index (χ1v) is 10.1. The number of hydrogen-bond acceptors (Lipinski definition) is 3. The normalized spacial score (nSPS) is 19.2. The highest BCUT2D eigenvalue weighted by molar-refractivity contribution is 5.98. The minimum absolute atomic E-state index is 0.270. The van der Waals surface area contributed by atoms with Crippen molar-refractivity contribution in [3.8, 4) is 5.75 Å². The minimum Gasteiger partial charge on any atom is -0.497 e. The molecule has 2 N–H and O–H groups in total. The Balaban J connectivity index is 1.70. The van der Waals surface area contributed by atoms with Crippen LogP contribution in [0.2, 0.25) is 0 Å². The summed E-state index contributed by atoms with van der Waals surface area (Å²) in [5.41, 5.74) is 6.37. The Morgan fingerprint density at radius 3 is 2.32 bits per heavy atom. The van der Waals surface area contributed by atoms with E-state index in [9.17, 15) is 9.59 Å². The Hall–Kier alpha value is -3.93. The highest BCUT2D eigenvalue weighted by Crippen LogP contribution is 2.27. The van der Waals surface area contributed by atoms with Crippen molar-refractivity contribution in [3.63, 3.8) is 0 Å². The minimum atomic E-state index is -0.761. The maximum Gasteiger partial charge on any atom is 0.304 e. The molecule has 1 aliphatic heterocycles. The third-order valence-electron chi connectivity index (χ3n) is 5.28. The van der Waals surface area contributed by atoms with Crippen LogP contribution in [0.25, 0.3) is 0 Å². The summed E-state index contributed by atoms with van der Waals surface area (Å²) in [7, 11) is 1.61. The Morgan fingerprint density at radius 2 is 1.68 bits per heavy atom. The van der Waals surface area contributed by atoms with Gasteiger partial charge in [-0.1, -0.05) is 35.9 Å². The molecule has 3 aromatic carbocycles. The van der Waals surface area contributed by atoms with E-state index in [-0.39, 0.29) is 11.8 Å². The summed E-state index contributed by atoms with van der Waals surface area (Å²) in [6.45, 7) is 2.02. The first-order chi connectivity index (χ1) is 15.0. The largest absolute Gasteiger partial charge is 0.497 e. The Kier molecular flexibility index (Phi) is 5.80. The zero-order valence-electron chi connectivity index (χ0n) is 17.4. The summed E-state index contributed by atoms with van der Waals surface area (Å²) in [5, 5.41) is 2.90. The van der Waals surface area contributed by atoms with Crippen LogP contribution < -0.4 is 15.5 Å². The molecule has 6 nitrogen and oxygen atoms in total. The summed E-state index contributed by atoms with van der Waals surface area (Å²) in [4.78, 5) is 25.7. The third-order valence-corrected chi connectivity index (χ3v) is 5.28. The molecule has 0 bridgehead atoms. The number of ether oxygens (including phenoxy) is 1. The van der Waals surface area contributed by atoms with Crippen LogP contribution in [0.5, 0.6) is 5.75 Å². The van der Waals surface area contributed by atoms with Gasteiger partial charge < -0.3 is 10.1 Å². The molecule has 1 heterocycles. The van der Waals surface area contributed by atoms with E-state index < -0.39 is 12.1 Å². The maximum atomic E-state index is 12.9. The van der Waals surface area contributed by atoms with Crippen LogP contribution in [0, 0.1) is 6.92 Å². The van der Waals surface area contributed by atoms with Crippen molar-refractivity contribution in [2.45, 2.75) is 19.0 Å². The quantitative estimate of drug-likeness (QED) is 0.631. The second-order valence-corrected chi connectivity index (χ2v) is 7.46. The molecule has 0 aromatic heterocycles. The number of nitrogens with one attached hydrogen (secondary N) is 2. The predicted octanol–water partition coefficient (Wildman–Crippen LogP) is 3.02. The number of benzene rings is 3. The highest BCUT2D eigenvalue weighted by atomic mass is 16.5. The van der Waals surface area contributed by atoms with Gasteiger partial charge in [0.1, 0.15) is 5.75 Å². The highest BCUT2D eigenvalue weighted by Gasteiger charge is 2.47. The lowest BCUT2D eigenvalue weighted by molar-refractivity contribution is -0.596. The smallest absolute Gasteiger partial charge is 0.304 e. The van der Waals surface area contributed by atoms with Gasteiger partial charge in [-0.3, -0.25) is 9.59 Å². The monoisotopic (exact) mass is 414 g/mol. The molecule has 0 radical (unpaired) electrons. The van der Waals surface area contributed by atoms with Crippen molar-refractivity contribution in [2.75, 3.05) is 7.11 Å². The number of hydrazone groups is 1. The van der Waals surface area contributed by atoms with Gasteiger partial charge in [-0.05, 0) is 55.5 Å². The number of amides is 2. The number of hydrazine groups is 1. The van der Waals surface area contributed by atoms with Crippen molar-refractivity contribution >= 4 is 18.0 Å². The molecule has 1 saturated heterocycles. The van der Waals surface area contributed by atoms with Gasteiger partial charge in [0.15, 0.2) is 6.04 Å². The molecule has 6 heteroatoms. The van der Waals surface area contributed by atoms with E-state index in [0.29, 0.717) is 5.56 Å². The number of carbonyl (C=O) groups is 2. The van der Waals surface area contributed by atoms with Crippen molar-refractivity contribution in [1.82, 2.24) is 10.7 Å². The summed E-state index contributed by atoms with van der Waals surface area (Å²) in [6, 6.07) is 23.2. The summed E-state index contributed by atoms with van der Waals surface area (Å²) < 4.78 is 7.02. The predicted molar refractivity (Wildman–Crippen MR) is 118 cm³/mol. The number of aryl methyl sites for hydroxylation is 1. The SMILES string of the molecule is COc1ccc([C@@H]2[C@@H](NC(=O)c3ccccc3)C(=O)N/[N+]2=C\c2ccc(C)cc2)cc1. The lowest BCUT2D eigenvalue weighted by Crippen LogP contribution is -2.42. The van der Waals surface area contributed by atoms with E-state index >= 15 is 0 Å². The van der Waals surface area contributed by atoms with E-state index in [2.05, 4.69) is 10.7 Å². The summed E-state index contributed by atoms with van der Waals surface area (Å²) >= 11 is 0. The molecule has 1 fully saturated rings. The molecule has 156 valence electrons. The first kappa shape index (κ1) is 20.3. The van der Waals surface area contributed by atoms with Gasteiger partial charge in [-0.25, -0.2) is 0 Å². The van der Waals surface area contributed by atoms with Crippen LogP contribution in [0.4, 0.5) is 0 Å². The molecular weight excluding hydrogens is 390 g/mol. The maximum absolute atomic E-state index is 12.9. The van der Waals surface area contributed by atoms with Gasteiger partial charge in [-0.2, -0.15) is 0 Å².